The van der Waals surface area contributed by atoms with Crippen LogP contribution in [0, 0.1) is 12.8 Å². The molecule has 0 spiro atoms. The zero-order chi connectivity index (χ0) is 15.3. The molecule has 0 aliphatic rings. The van der Waals surface area contributed by atoms with Crippen molar-refractivity contribution in [3.8, 4) is 0 Å². The molecule has 1 N–H and O–H groups in total. The molecule has 0 saturated heterocycles. The Balaban J connectivity index is 3.10. The van der Waals surface area contributed by atoms with Crippen molar-refractivity contribution in [2.24, 2.45) is 5.92 Å². The zero-order valence-electron chi connectivity index (χ0n) is 12.9. The van der Waals surface area contributed by atoms with E-state index >= 15 is 0 Å². The van der Waals surface area contributed by atoms with Gasteiger partial charge < -0.3 is 5.11 Å². The molecule has 112 valence electrons. The maximum atomic E-state index is 11.4. The SMILES string of the molecule is CCC(CC)CSc1nc(C(C)C)nc(C)c1C(=O)O. The van der Waals surface area contributed by atoms with E-state index in [0.717, 1.165) is 24.4 Å². The number of hydrogen-bond acceptors (Lipinski definition) is 4. The summed E-state index contributed by atoms with van der Waals surface area (Å²) in [5, 5.41) is 9.97. The third-order valence-electron chi connectivity index (χ3n) is 3.41. The van der Waals surface area contributed by atoms with Crippen molar-refractivity contribution < 1.29 is 9.90 Å². The minimum absolute atomic E-state index is 0.198. The molecule has 1 rings (SSSR count). The molecule has 1 aromatic heterocycles. The van der Waals surface area contributed by atoms with E-state index in [2.05, 4.69) is 23.8 Å². The van der Waals surface area contributed by atoms with E-state index in [0.29, 0.717) is 16.6 Å². The van der Waals surface area contributed by atoms with E-state index in [1.807, 2.05) is 13.8 Å². The van der Waals surface area contributed by atoms with Gasteiger partial charge in [0.2, 0.25) is 0 Å². The fraction of sp³-hybridized carbons (Fsp3) is 0.667. The first-order valence-corrected chi connectivity index (χ1v) is 8.13. The second-order valence-electron chi connectivity index (χ2n) is 5.30. The molecule has 0 aromatic carbocycles. The Morgan fingerprint density at radius 1 is 1.25 bits per heavy atom. The first kappa shape index (κ1) is 17.0. The molecule has 0 bridgehead atoms. The molecule has 5 heteroatoms. The van der Waals surface area contributed by atoms with Gasteiger partial charge in [-0.1, -0.05) is 40.5 Å². The summed E-state index contributed by atoms with van der Waals surface area (Å²) in [4.78, 5) is 20.2. The Hall–Kier alpha value is -1.10. The second-order valence-corrected chi connectivity index (χ2v) is 6.31. The molecule has 20 heavy (non-hydrogen) atoms. The van der Waals surface area contributed by atoms with Gasteiger partial charge in [-0.25, -0.2) is 14.8 Å². The third-order valence-corrected chi connectivity index (χ3v) is 4.62. The van der Waals surface area contributed by atoms with Gasteiger partial charge in [0.1, 0.15) is 16.4 Å². The fourth-order valence-corrected chi connectivity index (χ4v) is 3.30. The normalized spacial score (nSPS) is 11.3. The molecule has 0 aliphatic heterocycles. The van der Waals surface area contributed by atoms with Crippen LogP contribution in [0.5, 0.6) is 0 Å². The van der Waals surface area contributed by atoms with E-state index in [1.165, 1.54) is 0 Å². The Labute approximate surface area is 125 Å². The number of hydrogen-bond donors (Lipinski definition) is 1. The molecule has 0 saturated carbocycles. The summed E-state index contributed by atoms with van der Waals surface area (Å²) in [6.45, 7) is 10.1. The summed E-state index contributed by atoms with van der Waals surface area (Å²) in [5.41, 5.74) is 0.814. The van der Waals surface area contributed by atoms with Crippen molar-refractivity contribution in [2.45, 2.75) is 58.4 Å². The summed E-state index contributed by atoms with van der Waals surface area (Å²) in [5.74, 6) is 1.48. The molecular formula is C15H24N2O2S. The van der Waals surface area contributed by atoms with Crippen LogP contribution in [0.4, 0.5) is 0 Å². The van der Waals surface area contributed by atoms with Gasteiger partial charge in [0.15, 0.2) is 0 Å². The van der Waals surface area contributed by atoms with E-state index in [4.69, 9.17) is 0 Å². The highest BCUT2D eigenvalue weighted by atomic mass is 32.2. The van der Waals surface area contributed by atoms with Crippen LogP contribution >= 0.6 is 11.8 Å². The quantitative estimate of drug-likeness (QED) is 0.605. The van der Waals surface area contributed by atoms with E-state index in [1.54, 1.807) is 18.7 Å². The lowest BCUT2D eigenvalue weighted by molar-refractivity contribution is 0.0690. The highest BCUT2D eigenvalue weighted by molar-refractivity contribution is 7.99. The van der Waals surface area contributed by atoms with Gasteiger partial charge in [-0.2, -0.15) is 0 Å². The molecule has 0 atom stereocenters. The molecule has 0 aliphatic carbocycles. The lowest BCUT2D eigenvalue weighted by Gasteiger charge is -2.15. The molecule has 0 fully saturated rings. The summed E-state index contributed by atoms with van der Waals surface area (Å²) in [6.07, 6.45) is 2.21. The van der Waals surface area contributed by atoms with Crippen molar-refractivity contribution in [2.75, 3.05) is 5.75 Å². The van der Waals surface area contributed by atoms with Crippen molar-refractivity contribution in [3.05, 3.63) is 17.1 Å². The predicted octanol–water partition coefficient (Wildman–Crippen LogP) is 4.13. The van der Waals surface area contributed by atoms with Crippen molar-refractivity contribution in [1.29, 1.82) is 0 Å². The number of thioether (sulfide) groups is 1. The van der Waals surface area contributed by atoms with Gasteiger partial charge in [-0.05, 0) is 12.8 Å². The smallest absolute Gasteiger partial charge is 0.340 e. The van der Waals surface area contributed by atoms with Gasteiger partial charge in [-0.3, -0.25) is 0 Å². The number of carboxylic acid groups (broad SMARTS) is 1. The number of aryl methyl sites for hydroxylation is 1. The van der Waals surface area contributed by atoms with Gasteiger partial charge in [0.25, 0.3) is 0 Å². The van der Waals surface area contributed by atoms with Gasteiger partial charge in [-0.15, -0.1) is 11.8 Å². The lowest BCUT2D eigenvalue weighted by Crippen LogP contribution is -2.11. The molecule has 4 nitrogen and oxygen atoms in total. The Bertz CT molecular complexity index is 471. The molecule has 0 unspecified atom stereocenters. The van der Waals surface area contributed by atoms with Crippen LogP contribution in [-0.4, -0.2) is 26.8 Å². The van der Waals surface area contributed by atoms with Crippen molar-refractivity contribution in [1.82, 2.24) is 9.97 Å². The number of aromatic carboxylic acids is 1. The Morgan fingerprint density at radius 2 is 1.85 bits per heavy atom. The molecule has 1 heterocycles. The van der Waals surface area contributed by atoms with Crippen LogP contribution in [-0.2, 0) is 0 Å². The van der Waals surface area contributed by atoms with Crippen LogP contribution in [0.25, 0.3) is 0 Å². The third kappa shape index (κ3) is 4.20. The van der Waals surface area contributed by atoms with Crippen LogP contribution < -0.4 is 0 Å². The van der Waals surface area contributed by atoms with Crippen LogP contribution in [0.2, 0.25) is 0 Å². The predicted molar refractivity (Wildman–Crippen MR) is 82.6 cm³/mol. The average Bonchev–Trinajstić information content (AvgIpc) is 2.38. The standard InChI is InChI=1S/C15H24N2O2S/c1-6-11(7-2)8-20-14-12(15(18)19)10(5)16-13(17-14)9(3)4/h9,11H,6-8H2,1-5H3,(H,18,19). The van der Waals surface area contributed by atoms with E-state index < -0.39 is 5.97 Å². The molecule has 0 amide bonds. The molecule has 0 radical (unpaired) electrons. The fourth-order valence-electron chi connectivity index (χ4n) is 1.90. The van der Waals surface area contributed by atoms with Crippen molar-refractivity contribution >= 4 is 17.7 Å². The minimum atomic E-state index is -0.940. The highest BCUT2D eigenvalue weighted by Crippen LogP contribution is 2.28. The highest BCUT2D eigenvalue weighted by Gasteiger charge is 2.20. The van der Waals surface area contributed by atoms with Crippen molar-refractivity contribution in [3.63, 3.8) is 0 Å². The molecule has 1 aromatic rings. The zero-order valence-corrected chi connectivity index (χ0v) is 13.8. The maximum absolute atomic E-state index is 11.4. The maximum Gasteiger partial charge on any atom is 0.340 e. The lowest BCUT2D eigenvalue weighted by atomic mass is 10.1. The van der Waals surface area contributed by atoms with Gasteiger partial charge in [0.05, 0.1) is 5.69 Å². The monoisotopic (exact) mass is 296 g/mol. The molecular weight excluding hydrogens is 272 g/mol. The van der Waals surface area contributed by atoms with E-state index in [9.17, 15) is 9.90 Å². The summed E-state index contributed by atoms with van der Waals surface area (Å²) < 4.78 is 0. The first-order chi connectivity index (χ1) is 9.40. The van der Waals surface area contributed by atoms with Crippen LogP contribution in [0.3, 0.4) is 0 Å². The van der Waals surface area contributed by atoms with E-state index in [-0.39, 0.29) is 11.5 Å². The number of rotatable bonds is 7. The van der Waals surface area contributed by atoms with Crippen LogP contribution in [0.15, 0.2) is 5.03 Å². The average molecular weight is 296 g/mol. The summed E-state index contributed by atoms with van der Waals surface area (Å²) in [6, 6.07) is 0. The topological polar surface area (TPSA) is 63.1 Å². The number of carbonyl (C=O) groups is 1. The number of carboxylic acids is 1. The Morgan fingerprint density at radius 3 is 2.30 bits per heavy atom. The summed E-state index contributed by atoms with van der Waals surface area (Å²) in [7, 11) is 0. The number of aromatic nitrogens is 2. The van der Waals surface area contributed by atoms with Crippen LogP contribution in [0.1, 0.15) is 68.3 Å². The first-order valence-electron chi connectivity index (χ1n) is 7.15. The second kappa shape index (κ2) is 7.62. The van der Waals surface area contributed by atoms with Gasteiger partial charge in [0, 0.05) is 11.7 Å². The Kier molecular flexibility index (Phi) is 6.46. The summed E-state index contributed by atoms with van der Waals surface area (Å²) >= 11 is 1.55. The minimum Gasteiger partial charge on any atom is -0.478 e. The largest absolute Gasteiger partial charge is 0.478 e. The van der Waals surface area contributed by atoms with Gasteiger partial charge >= 0.3 is 5.97 Å². The number of nitrogens with zero attached hydrogens (tertiary/aromatic N) is 2.